The Bertz CT molecular complexity index is 383. The van der Waals surface area contributed by atoms with Crippen LogP contribution in [-0.4, -0.2) is 30.5 Å². The van der Waals surface area contributed by atoms with Crippen LogP contribution in [0.2, 0.25) is 0 Å². The van der Waals surface area contributed by atoms with Gasteiger partial charge in [-0.25, -0.2) is 4.98 Å². The molecule has 1 aromatic heterocycles. The van der Waals surface area contributed by atoms with Crippen LogP contribution in [-0.2, 0) is 12.8 Å². The molecule has 1 amide bonds. The van der Waals surface area contributed by atoms with Gasteiger partial charge in [0.2, 0.25) is 0 Å². The molecule has 0 bridgehead atoms. The Morgan fingerprint density at radius 3 is 2.89 bits per heavy atom. The van der Waals surface area contributed by atoms with Crippen molar-refractivity contribution in [1.29, 1.82) is 0 Å². The molecule has 2 rings (SSSR count). The molecule has 0 saturated carbocycles. The highest BCUT2D eigenvalue weighted by molar-refractivity contribution is 7.13. The predicted octanol–water partition coefficient (Wildman–Crippen LogP) is 1.64. The second kappa shape index (κ2) is 7.07. The first-order chi connectivity index (χ1) is 8.16. The number of rotatable bonds is 3. The standard InChI is InChI=1S/C12H19N3OS.ClH/c1-8(2)7-14-11(16)12-15-9-3-5-13-6-4-10(9)17-12;/h8,13H,3-7H2,1-2H3,(H,14,16);1H. The fourth-order valence-electron chi connectivity index (χ4n) is 1.78. The van der Waals surface area contributed by atoms with E-state index >= 15 is 0 Å². The number of nitrogens with zero attached hydrogens (tertiary/aromatic N) is 1. The van der Waals surface area contributed by atoms with Crippen LogP contribution in [0.25, 0.3) is 0 Å². The second-order valence-electron chi connectivity index (χ2n) is 4.74. The molecule has 0 saturated heterocycles. The Hall–Kier alpha value is -0.650. The SMILES string of the molecule is CC(C)CNC(=O)c1nc2c(s1)CCNCC2.Cl. The molecule has 1 aliphatic heterocycles. The summed E-state index contributed by atoms with van der Waals surface area (Å²) in [5, 5.41) is 6.87. The van der Waals surface area contributed by atoms with E-state index in [4.69, 9.17) is 0 Å². The summed E-state index contributed by atoms with van der Waals surface area (Å²) < 4.78 is 0. The average Bonchev–Trinajstić information content (AvgIpc) is 2.58. The maximum atomic E-state index is 11.9. The first-order valence-electron chi connectivity index (χ1n) is 6.14. The first kappa shape index (κ1) is 15.4. The summed E-state index contributed by atoms with van der Waals surface area (Å²) >= 11 is 1.55. The summed E-state index contributed by atoms with van der Waals surface area (Å²) in [6.45, 7) is 6.84. The highest BCUT2D eigenvalue weighted by Crippen LogP contribution is 2.21. The van der Waals surface area contributed by atoms with E-state index in [1.54, 1.807) is 11.3 Å². The predicted molar refractivity (Wildman–Crippen MR) is 76.8 cm³/mol. The van der Waals surface area contributed by atoms with E-state index in [0.29, 0.717) is 17.5 Å². The number of thiazole rings is 1. The topological polar surface area (TPSA) is 54.0 Å². The van der Waals surface area contributed by atoms with Gasteiger partial charge in [0.15, 0.2) is 5.01 Å². The fraction of sp³-hybridized carbons (Fsp3) is 0.667. The molecule has 0 aromatic carbocycles. The van der Waals surface area contributed by atoms with E-state index in [2.05, 4.69) is 29.5 Å². The molecule has 2 heterocycles. The molecular formula is C12H20ClN3OS. The minimum atomic E-state index is -0.0234. The van der Waals surface area contributed by atoms with Gasteiger partial charge in [-0.2, -0.15) is 0 Å². The lowest BCUT2D eigenvalue weighted by atomic mass is 10.2. The number of hydrogen-bond acceptors (Lipinski definition) is 4. The Morgan fingerprint density at radius 2 is 2.17 bits per heavy atom. The smallest absolute Gasteiger partial charge is 0.280 e. The van der Waals surface area contributed by atoms with E-state index in [1.165, 1.54) is 4.88 Å². The Labute approximate surface area is 118 Å². The Balaban J connectivity index is 0.00000162. The molecule has 0 spiro atoms. The fourth-order valence-corrected chi connectivity index (χ4v) is 2.80. The zero-order chi connectivity index (χ0) is 12.3. The van der Waals surface area contributed by atoms with Crippen molar-refractivity contribution < 1.29 is 4.79 Å². The minimum Gasteiger partial charge on any atom is -0.350 e. The van der Waals surface area contributed by atoms with E-state index in [0.717, 1.165) is 31.6 Å². The molecule has 0 radical (unpaired) electrons. The molecule has 4 nitrogen and oxygen atoms in total. The molecule has 6 heteroatoms. The summed E-state index contributed by atoms with van der Waals surface area (Å²) in [5.74, 6) is 0.450. The number of carbonyl (C=O) groups excluding carboxylic acids is 1. The number of aromatic nitrogens is 1. The molecule has 18 heavy (non-hydrogen) atoms. The summed E-state index contributed by atoms with van der Waals surface area (Å²) in [4.78, 5) is 17.6. The van der Waals surface area contributed by atoms with E-state index < -0.39 is 0 Å². The maximum Gasteiger partial charge on any atom is 0.280 e. The van der Waals surface area contributed by atoms with Crippen molar-refractivity contribution in [3.05, 3.63) is 15.6 Å². The number of hydrogen-bond donors (Lipinski definition) is 2. The summed E-state index contributed by atoms with van der Waals surface area (Å²) in [6, 6.07) is 0. The van der Waals surface area contributed by atoms with Gasteiger partial charge < -0.3 is 10.6 Å². The van der Waals surface area contributed by atoms with Crippen molar-refractivity contribution in [2.75, 3.05) is 19.6 Å². The number of fused-ring (bicyclic) bond motifs is 1. The lowest BCUT2D eigenvalue weighted by Gasteiger charge is -2.05. The summed E-state index contributed by atoms with van der Waals surface area (Å²) in [5.41, 5.74) is 1.11. The van der Waals surface area contributed by atoms with Gasteiger partial charge in [0.25, 0.3) is 5.91 Å². The van der Waals surface area contributed by atoms with Crippen molar-refractivity contribution in [2.24, 2.45) is 5.92 Å². The molecule has 0 atom stereocenters. The Kier molecular flexibility index (Phi) is 6.05. The zero-order valence-corrected chi connectivity index (χ0v) is 12.4. The number of amides is 1. The van der Waals surface area contributed by atoms with Gasteiger partial charge >= 0.3 is 0 Å². The Morgan fingerprint density at radius 1 is 1.44 bits per heavy atom. The monoisotopic (exact) mass is 289 g/mol. The van der Waals surface area contributed by atoms with Crippen LogP contribution in [0.3, 0.4) is 0 Å². The molecule has 0 unspecified atom stereocenters. The van der Waals surface area contributed by atoms with E-state index in [-0.39, 0.29) is 18.3 Å². The largest absolute Gasteiger partial charge is 0.350 e. The van der Waals surface area contributed by atoms with Gasteiger partial charge in [-0.15, -0.1) is 23.7 Å². The van der Waals surface area contributed by atoms with Gasteiger partial charge in [0.1, 0.15) is 0 Å². The van der Waals surface area contributed by atoms with Crippen LogP contribution < -0.4 is 10.6 Å². The summed E-state index contributed by atoms with van der Waals surface area (Å²) in [6.07, 6.45) is 1.92. The molecule has 2 N–H and O–H groups in total. The van der Waals surface area contributed by atoms with Crippen LogP contribution in [0, 0.1) is 5.92 Å². The third-order valence-electron chi connectivity index (χ3n) is 2.71. The molecule has 1 aromatic rings. The van der Waals surface area contributed by atoms with Crippen LogP contribution in [0.1, 0.15) is 34.2 Å². The van der Waals surface area contributed by atoms with Crippen LogP contribution in [0.4, 0.5) is 0 Å². The third-order valence-corrected chi connectivity index (χ3v) is 3.87. The van der Waals surface area contributed by atoms with Crippen LogP contribution in [0.5, 0.6) is 0 Å². The van der Waals surface area contributed by atoms with Crippen molar-refractivity contribution in [3.8, 4) is 0 Å². The first-order valence-corrected chi connectivity index (χ1v) is 6.96. The van der Waals surface area contributed by atoms with Gasteiger partial charge in [-0.1, -0.05) is 13.8 Å². The molecule has 102 valence electrons. The highest BCUT2D eigenvalue weighted by atomic mass is 35.5. The number of halogens is 1. The lowest BCUT2D eigenvalue weighted by molar-refractivity contribution is 0.0948. The lowest BCUT2D eigenvalue weighted by Crippen LogP contribution is -2.27. The van der Waals surface area contributed by atoms with Gasteiger partial charge in [-0.05, 0) is 12.3 Å². The average molecular weight is 290 g/mol. The van der Waals surface area contributed by atoms with Gasteiger partial charge in [0.05, 0.1) is 5.69 Å². The highest BCUT2D eigenvalue weighted by Gasteiger charge is 2.17. The third kappa shape index (κ3) is 3.93. The van der Waals surface area contributed by atoms with Crippen molar-refractivity contribution in [1.82, 2.24) is 15.6 Å². The normalized spacial score (nSPS) is 14.6. The molecule has 0 fully saturated rings. The minimum absolute atomic E-state index is 0. The van der Waals surface area contributed by atoms with Crippen molar-refractivity contribution in [3.63, 3.8) is 0 Å². The summed E-state index contributed by atoms with van der Waals surface area (Å²) in [7, 11) is 0. The van der Waals surface area contributed by atoms with Crippen molar-refractivity contribution in [2.45, 2.75) is 26.7 Å². The van der Waals surface area contributed by atoms with Gasteiger partial charge in [-0.3, -0.25) is 4.79 Å². The number of carbonyl (C=O) groups is 1. The molecule has 0 aliphatic carbocycles. The van der Waals surface area contributed by atoms with E-state index in [1.807, 2.05) is 0 Å². The van der Waals surface area contributed by atoms with E-state index in [9.17, 15) is 4.79 Å². The zero-order valence-electron chi connectivity index (χ0n) is 10.8. The number of nitrogens with one attached hydrogen (secondary N) is 2. The van der Waals surface area contributed by atoms with Crippen LogP contribution >= 0.6 is 23.7 Å². The molecule has 1 aliphatic rings. The van der Waals surface area contributed by atoms with Gasteiger partial charge in [0, 0.05) is 30.9 Å². The molecular weight excluding hydrogens is 270 g/mol. The van der Waals surface area contributed by atoms with Crippen LogP contribution in [0.15, 0.2) is 0 Å². The quantitative estimate of drug-likeness (QED) is 0.889. The maximum absolute atomic E-state index is 11.9. The van der Waals surface area contributed by atoms with Crippen molar-refractivity contribution >= 4 is 29.7 Å². The second-order valence-corrected chi connectivity index (χ2v) is 5.83.